The lowest BCUT2D eigenvalue weighted by Crippen LogP contribution is -2.30. The Morgan fingerprint density at radius 2 is 0.515 bits per heavy atom. The van der Waals surface area contributed by atoms with Gasteiger partial charge in [0.25, 0.3) is 0 Å². The van der Waals surface area contributed by atoms with Gasteiger partial charge in [0.2, 0.25) is 0 Å². The van der Waals surface area contributed by atoms with Gasteiger partial charge in [-0.2, -0.15) is 0 Å². The van der Waals surface area contributed by atoms with E-state index < -0.39 is 6.10 Å². The first-order chi connectivity index (χ1) is 32.5. The van der Waals surface area contributed by atoms with Crippen molar-refractivity contribution in [2.45, 2.75) is 341 Å². The fourth-order valence-corrected chi connectivity index (χ4v) is 9.02. The SMILES string of the molecule is CCCC/C=C\CCCCCCCC(=O)OCC(COC(=O)CCCCCCCCCCCCCCCCCCCCCCCC)OC(=O)CCCCCCCCCCCCCCCCC. The molecule has 0 N–H and O–H groups in total. The van der Waals surface area contributed by atoms with E-state index in [9.17, 15) is 14.4 Å². The topological polar surface area (TPSA) is 78.9 Å². The number of hydrogen-bond donors (Lipinski definition) is 0. The lowest BCUT2D eigenvalue weighted by atomic mass is 10.0. The largest absolute Gasteiger partial charge is 0.462 e. The summed E-state index contributed by atoms with van der Waals surface area (Å²) in [6.45, 7) is 6.66. The molecule has 0 fully saturated rings. The number of hydrogen-bond acceptors (Lipinski definition) is 6. The molecular formula is C60H114O6. The summed E-state index contributed by atoms with van der Waals surface area (Å²) in [4.78, 5) is 38.1. The summed E-state index contributed by atoms with van der Waals surface area (Å²) in [6.07, 6.45) is 63.6. The molecule has 390 valence electrons. The second kappa shape index (κ2) is 55.7. The molecule has 0 aliphatic carbocycles. The molecule has 0 amide bonds. The van der Waals surface area contributed by atoms with Crippen LogP contribution in [0.3, 0.4) is 0 Å². The summed E-state index contributed by atoms with van der Waals surface area (Å²) >= 11 is 0. The van der Waals surface area contributed by atoms with Gasteiger partial charge in [-0.3, -0.25) is 14.4 Å². The van der Waals surface area contributed by atoms with Gasteiger partial charge >= 0.3 is 17.9 Å². The normalized spacial score (nSPS) is 12.0. The van der Waals surface area contributed by atoms with Gasteiger partial charge in [-0.1, -0.05) is 290 Å². The molecule has 0 rings (SSSR count). The van der Waals surface area contributed by atoms with E-state index in [0.29, 0.717) is 19.3 Å². The highest BCUT2D eigenvalue weighted by Crippen LogP contribution is 2.18. The van der Waals surface area contributed by atoms with Crippen molar-refractivity contribution in [3.63, 3.8) is 0 Å². The Bertz CT molecular complexity index is 1020. The van der Waals surface area contributed by atoms with Crippen LogP contribution < -0.4 is 0 Å². The van der Waals surface area contributed by atoms with Crippen molar-refractivity contribution >= 4 is 17.9 Å². The fraction of sp³-hybridized carbons (Fsp3) is 0.917. The molecule has 1 atom stereocenters. The van der Waals surface area contributed by atoms with E-state index in [2.05, 4.69) is 32.9 Å². The van der Waals surface area contributed by atoms with E-state index in [0.717, 1.165) is 64.2 Å². The maximum Gasteiger partial charge on any atom is 0.306 e. The Labute approximate surface area is 411 Å². The molecule has 0 saturated carbocycles. The van der Waals surface area contributed by atoms with Crippen LogP contribution in [0.1, 0.15) is 335 Å². The highest BCUT2D eigenvalue weighted by atomic mass is 16.6. The predicted octanol–water partition coefficient (Wildman–Crippen LogP) is 19.7. The minimum Gasteiger partial charge on any atom is -0.462 e. The highest BCUT2D eigenvalue weighted by Gasteiger charge is 2.19. The van der Waals surface area contributed by atoms with Crippen molar-refractivity contribution in [3.8, 4) is 0 Å². The number of unbranched alkanes of at least 4 members (excludes halogenated alkanes) is 42. The standard InChI is InChI=1S/C60H114O6/c1-4-7-10-13-16-19-22-24-26-27-28-29-30-31-32-34-35-38-41-44-47-50-53-59(62)65-56-57(55-64-58(61)52-49-46-43-40-37-21-18-15-12-9-6-3)66-60(63)54-51-48-45-42-39-36-33-25-23-20-17-14-11-8-5-2/h15,18,57H,4-14,16-17,19-56H2,1-3H3/b18-15-. The Kier molecular flexibility index (Phi) is 54.2. The second-order valence-electron chi connectivity index (χ2n) is 20.3. The van der Waals surface area contributed by atoms with Gasteiger partial charge in [-0.25, -0.2) is 0 Å². The van der Waals surface area contributed by atoms with Crippen molar-refractivity contribution in [2.75, 3.05) is 13.2 Å². The van der Waals surface area contributed by atoms with Crippen LogP contribution in [0.25, 0.3) is 0 Å². The van der Waals surface area contributed by atoms with E-state index in [1.807, 2.05) is 0 Å². The molecule has 0 spiro atoms. The van der Waals surface area contributed by atoms with Crippen molar-refractivity contribution in [1.29, 1.82) is 0 Å². The number of carbonyl (C=O) groups is 3. The van der Waals surface area contributed by atoms with Crippen LogP contribution >= 0.6 is 0 Å². The summed E-state index contributed by atoms with van der Waals surface area (Å²) < 4.78 is 16.9. The number of ether oxygens (including phenoxy) is 3. The zero-order valence-electron chi connectivity index (χ0n) is 44.7. The number of rotatable bonds is 55. The van der Waals surface area contributed by atoms with Gasteiger partial charge in [-0.15, -0.1) is 0 Å². The molecule has 0 aromatic rings. The quantitative estimate of drug-likeness (QED) is 0.0262. The molecule has 6 nitrogen and oxygen atoms in total. The van der Waals surface area contributed by atoms with E-state index in [4.69, 9.17) is 14.2 Å². The summed E-state index contributed by atoms with van der Waals surface area (Å²) in [7, 11) is 0. The smallest absolute Gasteiger partial charge is 0.306 e. The van der Waals surface area contributed by atoms with Crippen molar-refractivity contribution in [3.05, 3.63) is 12.2 Å². The molecule has 0 bridgehead atoms. The van der Waals surface area contributed by atoms with Crippen LogP contribution in [0.2, 0.25) is 0 Å². The van der Waals surface area contributed by atoms with Crippen LogP contribution in [-0.2, 0) is 28.6 Å². The van der Waals surface area contributed by atoms with Crippen LogP contribution in [0.4, 0.5) is 0 Å². The van der Waals surface area contributed by atoms with E-state index >= 15 is 0 Å². The Balaban J connectivity index is 4.21. The fourth-order valence-electron chi connectivity index (χ4n) is 9.02. The third-order valence-electron chi connectivity index (χ3n) is 13.5. The summed E-state index contributed by atoms with van der Waals surface area (Å²) in [6, 6.07) is 0. The first-order valence-electron chi connectivity index (χ1n) is 29.7. The Hall–Kier alpha value is -1.85. The minimum atomic E-state index is -0.767. The summed E-state index contributed by atoms with van der Waals surface area (Å²) in [5.41, 5.74) is 0. The number of carbonyl (C=O) groups excluding carboxylic acids is 3. The molecule has 0 aliphatic heterocycles. The molecule has 0 aromatic carbocycles. The Morgan fingerprint density at radius 3 is 0.803 bits per heavy atom. The average Bonchev–Trinajstić information content (AvgIpc) is 3.31. The van der Waals surface area contributed by atoms with Gasteiger partial charge < -0.3 is 14.2 Å². The molecule has 0 saturated heterocycles. The molecule has 1 unspecified atom stereocenters. The lowest BCUT2D eigenvalue weighted by molar-refractivity contribution is -0.167. The van der Waals surface area contributed by atoms with E-state index in [1.165, 1.54) is 231 Å². The van der Waals surface area contributed by atoms with E-state index in [1.54, 1.807) is 0 Å². The first kappa shape index (κ1) is 64.2. The molecule has 0 aliphatic rings. The Morgan fingerprint density at radius 1 is 0.288 bits per heavy atom. The molecular weight excluding hydrogens is 817 g/mol. The average molecular weight is 932 g/mol. The van der Waals surface area contributed by atoms with Crippen LogP contribution in [0.15, 0.2) is 12.2 Å². The predicted molar refractivity (Wildman–Crippen MR) is 284 cm³/mol. The van der Waals surface area contributed by atoms with Crippen molar-refractivity contribution < 1.29 is 28.6 Å². The summed E-state index contributed by atoms with van der Waals surface area (Å²) in [5.74, 6) is -0.852. The molecule has 0 heterocycles. The van der Waals surface area contributed by atoms with E-state index in [-0.39, 0.29) is 31.1 Å². The van der Waals surface area contributed by atoms with Gasteiger partial charge in [-0.05, 0) is 38.5 Å². The van der Waals surface area contributed by atoms with Gasteiger partial charge in [0.1, 0.15) is 13.2 Å². The molecule has 66 heavy (non-hydrogen) atoms. The number of esters is 3. The van der Waals surface area contributed by atoms with Crippen molar-refractivity contribution in [2.24, 2.45) is 0 Å². The molecule has 0 aromatic heterocycles. The molecule has 6 heteroatoms. The maximum atomic E-state index is 12.8. The lowest BCUT2D eigenvalue weighted by Gasteiger charge is -2.18. The van der Waals surface area contributed by atoms with Gasteiger partial charge in [0.15, 0.2) is 6.10 Å². The third-order valence-corrected chi connectivity index (χ3v) is 13.5. The maximum absolute atomic E-state index is 12.8. The van der Waals surface area contributed by atoms with Crippen LogP contribution in [0.5, 0.6) is 0 Å². The number of allylic oxidation sites excluding steroid dienone is 2. The monoisotopic (exact) mass is 931 g/mol. The van der Waals surface area contributed by atoms with Crippen molar-refractivity contribution in [1.82, 2.24) is 0 Å². The van der Waals surface area contributed by atoms with Crippen LogP contribution in [0, 0.1) is 0 Å². The molecule has 0 radical (unpaired) electrons. The van der Waals surface area contributed by atoms with Gasteiger partial charge in [0.05, 0.1) is 0 Å². The van der Waals surface area contributed by atoms with Gasteiger partial charge in [0, 0.05) is 19.3 Å². The first-order valence-corrected chi connectivity index (χ1v) is 29.7. The van der Waals surface area contributed by atoms with Crippen LogP contribution in [-0.4, -0.2) is 37.2 Å². The zero-order chi connectivity index (χ0) is 47.9. The second-order valence-corrected chi connectivity index (χ2v) is 20.3. The zero-order valence-corrected chi connectivity index (χ0v) is 44.7. The summed E-state index contributed by atoms with van der Waals surface area (Å²) in [5, 5.41) is 0. The minimum absolute atomic E-state index is 0.0666. The third kappa shape index (κ3) is 53.1. The highest BCUT2D eigenvalue weighted by molar-refractivity contribution is 5.71.